The molecule has 0 radical (unpaired) electrons. The number of carbonyl (C=O) groups is 1. The van der Waals surface area contributed by atoms with Crippen molar-refractivity contribution in [2.24, 2.45) is 0 Å². The molecule has 2 aromatic carbocycles. The summed E-state index contributed by atoms with van der Waals surface area (Å²) in [6.45, 7) is 3.89. The van der Waals surface area contributed by atoms with Crippen LogP contribution in [0.3, 0.4) is 0 Å². The van der Waals surface area contributed by atoms with Gasteiger partial charge in [-0.15, -0.1) is 0 Å². The average molecular weight is 309 g/mol. The summed E-state index contributed by atoms with van der Waals surface area (Å²) in [5.74, 6) is 1.83. The highest BCUT2D eigenvalue weighted by Gasteiger charge is 2.26. The van der Waals surface area contributed by atoms with E-state index in [0.29, 0.717) is 25.3 Å². The zero-order valence-electron chi connectivity index (χ0n) is 13.1. The molecule has 2 aromatic rings. The van der Waals surface area contributed by atoms with Crippen LogP contribution in [0.25, 0.3) is 0 Å². The second-order valence-corrected chi connectivity index (χ2v) is 6.07. The largest absolute Gasteiger partial charge is 0.493 e. The number of hydrogen-bond donors (Lipinski definition) is 1. The van der Waals surface area contributed by atoms with Crippen molar-refractivity contribution in [3.8, 4) is 11.5 Å². The van der Waals surface area contributed by atoms with Crippen LogP contribution in [0.1, 0.15) is 32.6 Å². The molecule has 0 fully saturated rings. The highest BCUT2D eigenvalue weighted by Crippen LogP contribution is 2.40. The number of nitrogens with one attached hydrogen (secondary N) is 1. The Morgan fingerprint density at radius 2 is 1.91 bits per heavy atom. The summed E-state index contributed by atoms with van der Waals surface area (Å²) < 4.78 is 11.5. The minimum absolute atomic E-state index is 0.0618. The van der Waals surface area contributed by atoms with Gasteiger partial charge in [-0.05, 0) is 25.1 Å². The lowest BCUT2D eigenvalue weighted by molar-refractivity contribution is 0.0950. The van der Waals surface area contributed by atoms with E-state index in [4.69, 9.17) is 9.47 Å². The minimum atomic E-state index is -0.0618. The molecule has 0 unspecified atom stereocenters. The van der Waals surface area contributed by atoms with Crippen LogP contribution in [-0.2, 0) is 19.4 Å². The molecule has 0 aromatic heterocycles. The lowest BCUT2D eigenvalue weighted by Crippen LogP contribution is -2.23. The molecule has 2 heterocycles. The molecule has 1 amide bonds. The number of fused-ring (bicyclic) bond motifs is 2. The van der Waals surface area contributed by atoms with Crippen molar-refractivity contribution in [1.29, 1.82) is 0 Å². The number of carbonyl (C=O) groups excluding carboxylic acids is 1. The highest BCUT2D eigenvalue weighted by molar-refractivity contribution is 5.94. The summed E-state index contributed by atoms with van der Waals surface area (Å²) in [5.41, 5.74) is 5.26. The number of hydrogen-bond acceptors (Lipinski definition) is 3. The van der Waals surface area contributed by atoms with Crippen LogP contribution < -0.4 is 14.8 Å². The first-order valence-electron chi connectivity index (χ1n) is 8.00. The van der Waals surface area contributed by atoms with E-state index in [1.54, 1.807) is 0 Å². The van der Waals surface area contributed by atoms with Gasteiger partial charge in [0, 0.05) is 41.6 Å². The molecule has 0 atom stereocenters. The zero-order chi connectivity index (χ0) is 15.8. The fourth-order valence-electron chi connectivity index (χ4n) is 3.25. The molecule has 2 aliphatic heterocycles. The Morgan fingerprint density at radius 3 is 2.74 bits per heavy atom. The predicted molar refractivity (Wildman–Crippen MR) is 87.2 cm³/mol. The Morgan fingerprint density at radius 1 is 1.13 bits per heavy atom. The minimum Gasteiger partial charge on any atom is -0.493 e. The Balaban J connectivity index is 1.58. The van der Waals surface area contributed by atoms with Gasteiger partial charge in [-0.3, -0.25) is 4.79 Å². The number of rotatable bonds is 3. The summed E-state index contributed by atoms with van der Waals surface area (Å²) in [4.78, 5) is 12.3. The van der Waals surface area contributed by atoms with Gasteiger partial charge in [-0.25, -0.2) is 0 Å². The van der Waals surface area contributed by atoms with Gasteiger partial charge in [0.2, 0.25) is 0 Å². The van der Waals surface area contributed by atoms with Gasteiger partial charge in [0.25, 0.3) is 5.91 Å². The summed E-state index contributed by atoms with van der Waals surface area (Å²) in [5, 5.41) is 3.02. The first-order chi connectivity index (χ1) is 11.2. The van der Waals surface area contributed by atoms with Crippen LogP contribution >= 0.6 is 0 Å². The van der Waals surface area contributed by atoms with Gasteiger partial charge >= 0.3 is 0 Å². The van der Waals surface area contributed by atoms with E-state index in [-0.39, 0.29) is 5.91 Å². The van der Waals surface area contributed by atoms with E-state index in [9.17, 15) is 4.79 Å². The quantitative estimate of drug-likeness (QED) is 0.948. The summed E-state index contributed by atoms with van der Waals surface area (Å²) in [6.07, 6.45) is 1.78. The molecule has 4 heteroatoms. The molecule has 1 N–H and O–H groups in total. The summed E-state index contributed by atoms with van der Waals surface area (Å²) in [7, 11) is 0. The molecule has 0 spiro atoms. The second-order valence-electron chi connectivity index (χ2n) is 6.07. The Bertz CT molecular complexity index is 733. The molecule has 0 aliphatic carbocycles. The van der Waals surface area contributed by atoms with Crippen molar-refractivity contribution in [3.63, 3.8) is 0 Å². The monoisotopic (exact) mass is 309 g/mol. The number of amides is 1. The molecule has 0 bridgehead atoms. The molecule has 0 saturated heterocycles. The molecule has 23 heavy (non-hydrogen) atoms. The smallest absolute Gasteiger partial charge is 0.251 e. The molecule has 4 nitrogen and oxygen atoms in total. The Hall–Kier alpha value is -2.49. The van der Waals surface area contributed by atoms with E-state index < -0.39 is 0 Å². The van der Waals surface area contributed by atoms with E-state index in [1.807, 2.05) is 31.2 Å². The van der Waals surface area contributed by atoms with Crippen molar-refractivity contribution in [2.75, 3.05) is 13.2 Å². The van der Waals surface area contributed by atoms with Gasteiger partial charge in [-0.2, -0.15) is 0 Å². The van der Waals surface area contributed by atoms with Crippen molar-refractivity contribution in [1.82, 2.24) is 5.32 Å². The lowest BCUT2D eigenvalue weighted by Gasteiger charge is -2.14. The van der Waals surface area contributed by atoms with Crippen LogP contribution in [0.2, 0.25) is 0 Å². The fraction of sp³-hybridized carbons (Fsp3) is 0.316. The first kappa shape index (κ1) is 14.1. The van der Waals surface area contributed by atoms with Gasteiger partial charge in [0.15, 0.2) is 0 Å². The van der Waals surface area contributed by atoms with Crippen molar-refractivity contribution >= 4 is 5.91 Å². The van der Waals surface area contributed by atoms with Crippen LogP contribution in [-0.4, -0.2) is 19.1 Å². The maximum absolute atomic E-state index is 12.3. The van der Waals surface area contributed by atoms with E-state index in [2.05, 4.69) is 11.4 Å². The number of benzene rings is 2. The maximum Gasteiger partial charge on any atom is 0.251 e. The van der Waals surface area contributed by atoms with Gasteiger partial charge in [-0.1, -0.05) is 17.7 Å². The first-order valence-corrected chi connectivity index (χ1v) is 8.00. The fourth-order valence-corrected chi connectivity index (χ4v) is 3.25. The third-order valence-corrected chi connectivity index (χ3v) is 4.50. The molecule has 0 saturated carbocycles. The molecular formula is C19H19NO3. The van der Waals surface area contributed by atoms with Crippen molar-refractivity contribution in [2.45, 2.75) is 26.3 Å². The van der Waals surface area contributed by atoms with Gasteiger partial charge < -0.3 is 14.8 Å². The van der Waals surface area contributed by atoms with Crippen molar-refractivity contribution in [3.05, 3.63) is 58.1 Å². The van der Waals surface area contributed by atoms with Gasteiger partial charge in [0.1, 0.15) is 11.5 Å². The molecule has 4 rings (SSSR count). The van der Waals surface area contributed by atoms with E-state index in [1.165, 1.54) is 11.1 Å². The Kier molecular flexibility index (Phi) is 3.45. The molecule has 2 aliphatic rings. The third kappa shape index (κ3) is 2.54. The third-order valence-electron chi connectivity index (χ3n) is 4.50. The average Bonchev–Trinajstić information content (AvgIpc) is 3.20. The van der Waals surface area contributed by atoms with Gasteiger partial charge in [0.05, 0.1) is 13.2 Å². The second kappa shape index (κ2) is 5.61. The van der Waals surface area contributed by atoms with Crippen LogP contribution in [0, 0.1) is 6.92 Å². The van der Waals surface area contributed by atoms with Crippen LogP contribution in [0.4, 0.5) is 0 Å². The Labute approximate surface area is 135 Å². The standard InChI is InChI=1S/C19H19NO3/c1-12-2-4-13(5-3-12)19(21)20-11-16-15-7-9-22-17(15)10-14-6-8-23-18(14)16/h2-5,10H,6-9,11H2,1H3,(H,20,21). The lowest BCUT2D eigenvalue weighted by atomic mass is 9.99. The number of ether oxygens (including phenoxy) is 2. The normalized spacial score (nSPS) is 14.7. The predicted octanol–water partition coefficient (Wildman–Crippen LogP) is 2.79. The van der Waals surface area contributed by atoms with Crippen molar-refractivity contribution < 1.29 is 14.3 Å². The molecule has 118 valence electrons. The van der Waals surface area contributed by atoms with E-state index >= 15 is 0 Å². The zero-order valence-corrected chi connectivity index (χ0v) is 13.1. The van der Waals surface area contributed by atoms with Crippen LogP contribution in [0.15, 0.2) is 30.3 Å². The maximum atomic E-state index is 12.3. The highest BCUT2D eigenvalue weighted by atomic mass is 16.5. The molecular weight excluding hydrogens is 290 g/mol. The number of aryl methyl sites for hydroxylation is 1. The summed E-state index contributed by atoms with van der Waals surface area (Å²) >= 11 is 0. The van der Waals surface area contributed by atoms with Crippen LogP contribution in [0.5, 0.6) is 11.5 Å². The SMILES string of the molecule is Cc1ccc(C(=O)NCc2c3c(cc4c2OCC4)OCC3)cc1. The topological polar surface area (TPSA) is 47.6 Å². The van der Waals surface area contributed by atoms with E-state index in [0.717, 1.165) is 35.5 Å². The summed E-state index contributed by atoms with van der Waals surface area (Å²) in [6, 6.07) is 9.69.